The van der Waals surface area contributed by atoms with E-state index in [1.54, 1.807) is 18.2 Å². The minimum absolute atomic E-state index is 0.119. The SMILES string of the molecule is Cc1cccc2c1[NH+]=C1C3=C(C(=O)c4ccccc4C3=O)C(NCCCN3CCCC[C@@H]3C)=CC1O2. The van der Waals surface area contributed by atoms with E-state index in [4.69, 9.17) is 4.74 Å². The Balaban J connectivity index is 1.34. The van der Waals surface area contributed by atoms with Crippen LogP contribution < -0.4 is 15.0 Å². The molecule has 1 saturated heterocycles. The van der Waals surface area contributed by atoms with Crippen molar-refractivity contribution in [1.82, 2.24) is 10.2 Å². The van der Waals surface area contributed by atoms with Gasteiger partial charge in [0.1, 0.15) is 5.57 Å². The van der Waals surface area contributed by atoms with Gasteiger partial charge in [0.25, 0.3) is 0 Å². The maximum Gasteiger partial charge on any atom is 0.249 e. The number of fused-ring (bicyclic) bond motifs is 4. The number of piperidine rings is 1. The molecule has 6 nitrogen and oxygen atoms in total. The van der Waals surface area contributed by atoms with Gasteiger partial charge in [-0.15, -0.1) is 0 Å². The molecule has 2 aliphatic heterocycles. The van der Waals surface area contributed by atoms with Gasteiger partial charge < -0.3 is 15.0 Å². The van der Waals surface area contributed by atoms with Gasteiger partial charge in [-0.05, 0) is 51.8 Å². The lowest BCUT2D eigenvalue weighted by Gasteiger charge is -2.33. The third-order valence-electron chi connectivity index (χ3n) is 7.89. The summed E-state index contributed by atoms with van der Waals surface area (Å²) >= 11 is 0. The quantitative estimate of drug-likeness (QED) is 0.641. The molecule has 0 radical (unpaired) electrons. The van der Waals surface area contributed by atoms with Crippen molar-refractivity contribution < 1.29 is 19.3 Å². The summed E-state index contributed by atoms with van der Waals surface area (Å²) in [6.45, 7) is 7.21. The van der Waals surface area contributed by atoms with Gasteiger partial charge in [-0.3, -0.25) is 9.59 Å². The van der Waals surface area contributed by atoms with E-state index < -0.39 is 6.10 Å². The number of ether oxygens (including phenoxy) is 1. The number of para-hydroxylation sites is 1. The number of hydrogen-bond acceptors (Lipinski definition) is 5. The van der Waals surface area contributed by atoms with Crippen molar-refractivity contribution in [3.8, 4) is 5.75 Å². The van der Waals surface area contributed by atoms with E-state index in [0.29, 0.717) is 39.7 Å². The van der Waals surface area contributed by atoms with Gasteiger partial charge in [0, 0.05) is 41.5 Å². The zero-order valence-corrected chi connectivity index (χ0v) is 20.9. The molecule has 0 aromatic heterocycles. The second-order valence-electron chi connectivity index (χ2n) is 10.2. The summed E-state index contributed by atoms with van der Waals surface area (Å²) in [5.74, 6) is 0.493. The number of carbonyl (C=O) groups is 2. The zero-order valence-electron chi connectivity index (χ0n) is 20.9. The summed E-state index contributed by atoms with van der Waals surface area (Å²) in [6, 6.07) is 13.6. The van der Waals surface area contributed by atoms with Crippen LogP contribution in [0.1, 0.15) is 58.9 Å². The van der Waals surface area contributed by atoms with Crippen LogP contribution >= 0.6 is 0 Å². The van der Waals surface area contributed by atoms with E-state index in [1.807, 2.05) is 37.3 Å². The van der Waals surface area contributed by atoms with Gasteiger partial charge in [0.05, 0.1) is 5.57 Å². The molecule has 2 heterocycles. The molecule has 1 fully saturated rings. The largest absolute Gasteiger partial charge is 0.468 e. The van der Waals surface area contributed by atoms with Gasteiger partial charge in [-0.1, -0.05) is 42.8 Å². The van der Waals surface area contributed by atoms with Crippen LogP contribution in [0.3, 0.4) is 0 Å². The van der Waals surface area contributed by atoms with Gasteiger partial charge in [0.15, 0.2) is 11.5 Å². The Morgan fingerprint density at radius 2 is 1.81 bits per heavy atom. The van der Waals surface area contributed by atoms with Crippen LogP contribution in [0.15, 0.2) is 65.4 Å². The van der Waals surface area contributed by atoms with Crippen molar-refractivity contribution in [2.45, 2.75) is 51.7 Å². The van der Waals surface area contributed by atoms with Crippen molar-refractivity contribution in [3.05, 3.63) is 82.1 Å². The Labute approximate surface area is 211 Å². The Hall–Kier alpha value is -3.51. The van der Waals surface area contributed by atoms with Gasteiger partial charge in [-0.2, -0.15) is 0 Å². The number of Topliss-reactive ketones (excluding diaryl/α,β-unsaturated/α-hetero) is 2. The molecule has 0 bridgehead atoms. The molecule has 2 aromatic carbocycles. The fourth-order valence-corrected chi connectivity index (χ4v) is 5.89. The molecule has 1 unspecified atom stereocenters. The van der Waals surface area contributed by atoms with Crippen LogP contribution in [0.4, 0.5) is 5.69 Å². The summed E-state index contributed by atoms with van der Waals surface area (Å²) < 4.78 is 6.36. The van der Waals surface area contributed by atoms with Crippen molar-refractivity contribution >= 4 is 23.0 Å². The molecule has 2 aromatic rings. The number of carbonyl (C=O) groups excluding carboxylic acids is 2. The topological polar surface area (TPSA) is 72.6 Å². The highest BCUT2D eigenvalue weighted by molar-refractivity contribution is 6.39. The predicted octanol–water partition coefficient (Wildman–Crippen LogP) is 3.04. The average molecular weight is 483 g/mol. The van der Waals surface area contributed by atoms with Crippen LogP contribution in [0.2, 0.25) is 0 Å². The van der Waals surface area contributed by atoms with Crippen LogP contribution in [-0.2, 0) is 0 Å². The number of rotatable bonds is 5. The molecule has 6 heteroatoms. The number of ketones is 2. The summed E-state index contributed by atoms with van der Waals surface area (Å²) in [5.41, 5.74) is 4.99. The number of likely N-dealkylation sites (tertiary alicyclic amines) is 1. The van der Waals surface area contributed by atoms with E-state index in [0.717, 1.165) is 43.1 Å². The number of hydrogen-bond donors (Lipinski definition) is 2. The molecule has 36 heavy (non-hydrogen) atoms. The molecule has 2 N–H and O–H groups in total. The number of benzene rings is 2. The van der Waals surface area contributed by atoms with Crippen molar-refractivity contribution in [3.63, 3.8) is 0 Å². The minimum atomic E-state index is -0.468. The first-order chi connectivity index (χ1) is 17.5. The highest BCUT2D eigenvalue weighted by Crippen LogP contribution is 2.36. The van der Waals surface area contributed by atoms with Crippen LogP contribution in [0, 0.1) is 6.92 Å². The maximum absolute atomic E-state index is 13.8. The summed E-state index contributed by atoms with van der Waals surface area (Å²) in [7, 11) is 0. The number of aryl methyl sites for hydroxylation is 1. The second-order valence-corrected chi connectivity index (χ2v) is 10.2. The number of allylic oxidation sites excluding steroid dienone is 1. The lowest BCUT2D eigenvalue weighted by atomic mass is 9.76. The minimum Gasteiger partial charge on any atom is -0.468 e. The molecule has 4 aliphatic rings. The maximum atomic E-state index is 13.8. The van der Waals surface area contributed by atoms with Gasteiger partial charge in [-0.25, -0.2) is 4.99 Å². The first-order valence-electron chi connectivity index (χ1n) is 13.1. The smallest absolute Gasteiger partial charge is 0.249 e. The van der Waals surface area contributed by atoms with Crippen LogP contribution in [-0.4, -0.2) is 54.0 Å². The molecule has 0 spiro atoms. The highest BCUT2D eigenvalue weighted by Gasteiger charge is 2.46. The molecule has 2 aliphatic carbocycles. The third-order valence-corrected chi connectivity index (χ3v) is 7.89. The fourth-order valence-electron chi connectivity index (χ4n) is 5.89. The Morgan fingerprint density at radius 1 is 1.03 bits per heavy atom. The second kappa shape index (κ2) is 9.17. The normalized spacial score (nSPS) is 23.1. The third kappa shape index (κ3) is 3.80. The number of nitrogens with zero attached hydrogens (tertiary/aromatic N) is 1. The molecule has 0 amide bonds. The molecule has 2 atom stereocenters. The summed E-state index contributed by atoms with van der Waals surface area (Å²) in [5, 5.41) is 3.51. The Kier molecular flexibility index (Phi) is 5.84. The van der Waals surface area contributed by atoms with Crippen LogP contribution in [0.25, 0.3) is 0 Å². The van der Waals surface area contributed by atoms with E-state index in [9.17, 15) is 9.59 Å². The molecule has 6 rings (SSSR count). The molecular weight excluding hydrogens is 450 g/mol. The fraction of sp³-hybridized carbons (Fsp3) is 0.367. The number of nitrogens with one attached hydrogen (secondary N) is 2. The monoisotopic (exact) mass is 482 g/mol. The van der Waals surface area contributed by atoms with E-state index in [-0.39, 0.29) is 11.6 Å². The first-order valence-corrected chi connectivity index (χ1v) is 13.1. The Bertz CT molecular complexity index is 1350. The van der Waals surface area contributed by atoms with E-state index in [2.05, 4.69) is 22.1 Å². The van der Waals surface area contributed by atoms with Gasteiger partial charge in [0.2, 0.25) is 23.3 Å². The standard InChI is InChI=1S/C30H31N3O3/c1-18-9-7-13-23-27(18)32-28-24(36-23)17-22(31-14-8-16-33-15-6-5-10-19(33)2)25-26(28)30(35)21-12-4-3-11-20(21)29(25)34/h3-4,7,9,11-13,17,19,24,31H,5-6,8,10,14-16H2,1-2H3/p+1/t19-,24?/m0/s1. The zero-order chi connectivity index (χ0) is 24.8. The Morgan fingerprint density at radius 3 is 2.58 bits per heavy atom. The van der Waals surface area contributed by atoms with E-state index >= 15 is 0 Å². The molecule has 0 saturated carbocycles. The summed E-state index contributed by atoms with van der Waals surface area (Å²) in [6.07, 6.45) is 6.29. The van der Waals surface area contributed by atoms with Gasteiger partial charge >= 0.3 is 0 Å². The van der Waals surface area contributed by atoms with Crippen molar-refractivity contribution in [1.29, 1.82) is 0 Å². The first kappa shape index (κ1) is 22.9. The lowest BCUT2D eigenvalue weighted by molar-refractivity contribution is -0.363. The summed E-state index contributed by atoms with van der Waals surface area (Å²) in [4.78, 5) is 33.5. The van der Waals surface area contributed by atoms with Crippen molar-refractivity contribution in [2.24, 2.45) is 0 Å². The molecule has 184 valence electrons. The van der Waals surface area contributed by atoms with Crippen LogP contribution in [0.5, 0.6) is 5.75 Å². The molecular formula is C30H32N3O3+. The average Bonchev–Trinajstić information content (AvgIpc) is 2.89. The van der Waals surface area contributed by atoms with E-state index in [1.165, 1.54) is 19.3 Å². The highest BCUT2D eigenvalue weighted by atomic mass is 16.5. The predicted molar refractivity (Wildman–Crippen MR) is 139 cm³/mol. The van der Waals surface area contributed by atoms with Crippen molar-refractivity contribution in [2.75, 3.05) is 19.6 Å². The lowest BCUT2D eigenvalue weighted by Crippen LogP contribution is -2.74.